The van der Waals surface area contributed by atoms with Gasteiger partial charge in [0.15, 0.2) is 0 Å². The first kappa shape index (κ1) is 18.5. The van der Waals surface area contributed by atoms with Crippen molar-refractivity contribution in [2.24, 2.45) is 0 Å². The molecule has 0 N–H and O–H groups in total. The van der Waals surface area contributed by atoms with E-state index in [9.17, 15) is 9.59 Å². The molecule has 0 spiro atoms. The van der Waals surface area contributed by atoms with Crippen LogP contribution in [0.4, 0.5) is 5.69 Å². The SMILES string of the molecule is COc1ccc(N2C(=O)C(c3cccs3)=C(N3CCOCC3)C2=O)c(OC)c1. The van der Waals surface area contributed by atoms with Gasteiger partial charge in [-0.2, -0.15) is 0 Å². The molecule has 4 rings (SSSR count). The van der Waals surface area contributed by atoms with Crippen LogP contribution in [-0.2, 0) is 14.3 Å². The van der Waals surface area contributed by atoms with Crippen LogP contribution in [0.15, 0.2) is 41.4 Å². The second kappa shape index (κ2) is 7.65. The van der Waals surface area contributed by atoms with Crippen molar-refractivity contribution < 1.29 is 23.8 Å². The van der Waals surface area contributed by atoms with E-state index in [0.29, 0.717) is 54.8 Å². The first-order valence-corrected chi connectivity index (χ1v) is 9.75. The Balaban J connectivity index is 1.81. The Hall–Kier alpha value is -2.84. The molecule has 28 heavy (non-hydrogen) atoms. The zero-order valence-corrected chi connectivity index (χ0v) is 16.5. The number of amides is 2. The number of thiophene rings is 1. The zero-order chi connectivity index (χ0) is 19.7. The molecule has 8 heteroatoms. The molecule has 2 aromatic rings. The van der Waals surface area contributed by atoms with Crippen molar-refractivity contribution in [3.63, 3.8) is 0 Å². The highest BCUT2D eigenvalue weighted by Crippen LogP contribution is 2.41. The third kappa shape index (κ3) is 3.04. The molecule has 3 heterocycles. The number of nitrogens with zero attached hydrogens (tertiary/aromatic N) is 2. The number of methoxy groups -OCH3 is 2. The normalized spacial score (nSPS) is 17.5. The van der Waals surface area contributed by atoms with Crippen LogP contribution in [0.3, 0.4) is 0 Å². The quantitative estimate of drug-likeness (QED) is 0.718. The molecule has 0 atom stereocenters. The van der Waals surface area contributed by atoms with Gasteiger partial charge in [-0.15, -0.1) is 11.3 Å². The molecule has 1 saturated heterocycles. The number of benzene rings is 1. The minimum absolute atomic E-state index is 0.348. The third-order valence-electron chi connectivity index (χ3n) is 4.78. The maximum absolute atomic E-state index is 13.4. The first-order chi connectivity index (χ1) is 13.7. The molecule has 7 nitrogen and oxygen atoms in total. The van der Waals surface area contributed by atoms with Crippen molar-refractivity contribution in [2.45, 2.75) is 0 Å². The van der Waals surface area contributed by atoms with E-state index in [2.05, 4.69) is 0 Å². The maximum atomic E-state index is 13.4. The molecule has 1 fully saturated rings. The molecule has 2 amide bonds. The lowest BCUT2D eigenvalue weighted by molar-refractivity contribution is -0.121. The minimum atomic E-state index is -0.350. The smallest absolute Gasteiger partial charge is 0.282 e. The summed E-state index contributed by atoms with van der Waals surface area (Å²) in [5, 5.41) is 1.90. The number of hydrogen-bond donors (Lipinski definition) is 0. The summed E-state index contributed by atoms with van der Waals surface area (Å²) in [5.74, 6) is 0.283. The first-order valence-electron chi connectivity index (χ1n) is 8.87. The summed E-state index contributed by atoms with van der Waals surface area (Å²) in [5.41, 5.74) is 1.25. The lowest BCUT2D eigenvalue weighted by Crippen LogP contribution is -2.40. The van der Waals surface area contributed by atoms with Crippen LogP contribution >= 0.6 is 11.3 Å². The minimum Gasteiger partial charge on any atom is -0.497 e. The summed E-state index contributed by atoms with van der Waals surface area (Å²) in [7, 11) is 3.05. The largest absolute Gasteiger partial charge is 0.497 e. The van der Waals surface area contributed by atoms with E-state index in [1.165, 1.54) is 23.3 Å². The molecular weight excluding hydrogens is 380 g/mol. The van der Waals surface area contributed by atoms with E-state index in [1.807, 2.05) is 22.4 Å². The standard InChI is InChI=1S/C20H20N2O5S/c1-25-13-5-6-14(15(12-13)26-2)22-19(23)17(16-4-3-11-28-16)18(20(22)24)21-7-9-27-10-8-21/h3-6,11-12H,7-10H2,1-2H3. The topological polar surface area (TPSA) is 68.3 Å². The molecule has 146 valence electrons. The Bertz CT molecular complexity index is 932. The van der Waals surface area contributed by atoms with Crippen LogP contribution in [0.1, 0.15) is 4.88 Å². The summed E-state index contributed by atoms with van der Waals surface area (Å²) in [6.45, 7) is 2.18. The second-order valence-electron chi connectivity index (χ2n) is 6.28. The molecular formula is C20H20N2O5S. The monoisotopic (exact) mass is 400 g/mol. The molecule has 2 aliphatic rings. The highest BCUT2D eigenvalue weighted by atomic mass is 32.1. The summed E-state index contributed by atoms with van der Waals surface area (Å²) < 4.78 is 16.1. The lowest BCUT2D eigenvalue weighted by atomic mass is 10.1. The Labute approximate surface area is 166 Å². The van der Waals surface area contributed by atoms with E-state index in [1.54, 1.807) is 25.3 Å². The summed E-state index contributed by atoms with van der Waals surface area (Å²) in [6, 6.07) is 8.77. The van der Waals surface area contributed by atoms with Gasteiger partial charge in [-0.1, -0.05) is 6.07 Å². The second-order valence-corrected chi connectivity index (χ2v) is 7.23. The van der Waals surface area contributed by atoms with E-state index in [-0.39, 0.29) is 11.8 Å². The third-order valence-corrected chi connectivity index (χ3v) is 5.67. The van der Waals surface area contributed by atoms with Crippen LogP contribution < -0.4 is 14.4 Å². The number of carbonyl (C=O) groups excluding carboxylic acids is 2. The highest BCUT2D eigenvalue weighted by Gasteiger charge is 2.44. The van der Waals surface area contributed by atoms with Gasteiger partial charge < -0.3 is 19.1 Å². The number of imide groups is 1. The fraction of sp³-hybridized carbons (Fsp3) is 0.300. The van der Waals surface area contributed by atoms with Crippen LogP contribution in [0.2, 0.25) is 0 Å². The Morgan fingerprint density at radius 3 is 2.46 bits per heavy atom. The molecule has 1 aromatic heterocycles. The molecule has 1 aromatic carbocycles. The Kier molecular flexibility index (Phi) is 5.06. The average molecular weight is 400 g/mol. The van der Waals surface area contributed by atoms with Crippen LogP contribution in [-0.4, -0.2) is 57.2 Å². The van der Waals surface area contributed by atoms with E-state index in [0.717, 1.165) is 4.88 Å². The van der Waals surface area contributed by atoms with Gasteiger partial charge in [0.05, 0.1) is 38.7 Å². The number of carbonyl (C=O) groups is 2. The predicted molar refractivity (Wildman–Crippen MR) is 106 cm³/mol. The summed E-state index contributed by atoms with van der Waals surface area (Å²) >= 11 is 1.44. The molecule has 0 radical (unpaired) electrons. The zero-order valence-electron chi connectivity index (χ0n) is 15.6. The Morgan fingerprint density at radius 2 is 1.82 bits per heavy atom. The summed E-state index contributed by atoms with van der Waals surface area (Å²) in [4.78, 5) is 30.7. The van der Waals surface area contributed by atoms with Crippen molar-refractivity contribution in [2.75, 3.05) is 45.4 Å². The molecule has 2 aliphatic heterocycles. The van der Waals surface area contributed by atoms with Crippen LogP contribution in [0.25, 0.3) is 5.57 Å². The van der Waals surface area contributed by atoms with Gasteiger partial charge in [0, 0.05) is 24.0 Å². The molecule has 0 unspecified atom stereocenters. The number of ether oxygens (including phenoxy) is 3. The summed E-state index contributed by atoms with van der Waals surface area (Å²) in [6.07, 6.45) is 0. The highest BCUT2D eigenvalue weighted by molar-refractivity contribution is 7.11. The van der Waals surface area contributed by atoms with Gasteiger partial charge in [-0.05, 0) is 23.6 Å². The van der Waals surface area contributed by atoms with Gasteiger partial charge in [0.2, 0.25) is 0 Å². The van der Waals surface area contributed by atoms with E-state index in [4.69, 9.17) is 14.2 Å². The van der Waals surface area contributed by atoms with Crippen molar-refractivity contribution >= 4 is 34.4 Å². The van der Waals surface area contributed by atoms with Crippen molar-refractivity contribution in [3.8, 4) is 11.5 Å². The average Bonchev–Trinajstić information content (AvgIpc) is 3.34. The predicted octanol–water partition coefficient (Wildman–Crippen LogP) is 2.38. The van der Waals surface area contributed by atoms with Crippen molar-refractivity contribution in [1.82, 2.24) is 4.90 Å². The number of anilines is 1. The van der Waals surface area contributed by atoms with Gasteiger partial charge in [-0.25, -0.2) is 4.90 Å². The number of rotatable bonds is 5. The molecule has 0 saturated carbocycles. The number of morpholine rings is 1. The van der Waals surface area contributed by atoms with Crippen LogP contribution in [0, 0.1) is 0 Å². The van der Waals surface area contributed by atoms with Crippen LogP contribution in [0.5, 0.6) is 11.5 Å². The van der Waals surface area contributed by atoms with Crippen molar-refractivity contribution in [3.05, 3.63) is 46.3 Å². The molecule has 0 bridgehead atoms. The van der Waals surface area contributed by atoms with Crippen molar-refractivity contribution in [1.29, 1.82) is 0 Å². The van der Waals surface area contributed by atoms with E-state index >= 15 is 0 Å². The molecule has 0 aliphatic carbocycles. The van der Waals surface area contributed by atoms with Gasteiger partial charge in [0.1, 0.15) is 17.2 Å². The van der Waals surface area contributed by atoms with Gasteiger partial charge >= 0.3 is 0 Å². The lowest BCUT2D eigenvalue weighted by Gasteiger charge is -2.29. The number of hydrogen-bond acceptors (Lipinski definition) is 7. The van der Waals surface area contributed by atoms with Gasteiger partial charge in [0.25, 0.3) is 11.8 Å². The fourth-order valence-electron chi connectivity index (χ4n) is 3.43. The Morgan fingerprint density at radius 1 is 1.04 bits per heavy atom. The van der Waals surface area contributed by atoms with E-state index < -0.39 is 0 Å². The fourth-order valence-corrected chi connectivity index (χ4v) is 4.19. The maximum Gasteiger partial charge on any atom is 0.282 e. The van der Waals surface area contributed by atoms with Gasteiger partial charge in [-0.3, -0.25) is 9.59 Å².